The molecule has 1 aromatic heterocycles. The van der Waals surface area contributed by atoms with Gasteiger partial charge in [0.1, 0.15) is 0 Å². The molecule has 0 spiro atoms. The topological polar surface area (TPSA) is 54.9 Å². The minimum atomic E-state index is -0.573. The minimum Gasteiger partial charge on any atom is -0.331 e. The number of aromatic nitrogens is 2. The Labute approximate surface area is 153 Å². The Bertz CT molecular complexity index is 1080. The lowest BCUT2D eigenvalue weighted by atomic mass is 10.2. The van der Waals surface area contributed by atoms with Gasteiger partial charge in [0.05, 0.1) is 20.9 Å². The predicted octanol–water partition coefficient (Wildman–Crippen LogP) is 4.82. The first-order chi connectivity index (χ1) is 10.9. The Morgan fingerprint density at radius 1 is 1.13 bits per heavy atom. The van der Waals surface area contributed by atoms with Gasteiger partial charge in [-0.3, -0.25) is 9.59 Å². The van der Waals surface area contributed by atoms with Crippen molar-refractivity contribution in [3.05, 3.63) is 71.6 Å². The molecule has 0 aliphatic carbocycles. The van der Waals surface area contributed by atoms with E-state index in [2.05, 4.69) is 20.9 Å². The van der Waals surface area contributed by atoms with Crippen LogP contribution < -0.4 is 5.56 Å². The molecule has 23 heavy (non-hydrogen) atoms. The number of hydrogen-bond acceptors (Lipinski definition) is 3. The summed E-state index contributed by atoms with van der Waals surface area (Å²) >= 11 is 20.2. The molecular formula is C15H7BrCl2N2O2S. The van der Waals surface area contributed by atoms with Crippen LogP contribution >= 0.6 is 51.3 Å². The van der Waals surface area contributed by atoms with Gasteiger partial charge < -0.3 is 4.98 Å². The number of benzene rings is 2. The zero-order valence-corrected chi connectivity index (χ0v) is 15.2. The summed E-state index contributed by atoms with van der Waals surface area (Å²) in [5, 5.41) is 0.897. The molecule has 3 aromatic rings. The summed E-state index contributed by atoms with van der Waals surface area (Å²) in [6.07, 6.45) is 0. The van der Waals surface area contributed by atoms with E-state index < -0.39 is 11.5 Å². The van der Waals surface area contributed by atoms with Gasteiger partial charge in [-0.2, -0.15) is 0 Å². The SMILES string of the molecule is O=C(c1ccc(Cl)c(Cl)c1)n1c(=S)[nH]c2ccc(Br)cc2c1=O. The molecule has 0 aliphatic heterocycles. The lowest BCUT2D eigenvalue weighted by Gasteiger charge is -2.08. The Kier molecular flexibility index (Phi) is 4.42. The molecule has 0 bridgehead atoms. The van der Waals surface area contributed by atoms with Crippen LogP contribution in [0.3, 0.4) is 0 Å². The van der Waals surface area contributed by atoms with Gasteiger partial charge in [-0.05, 0) is 48.6 Å². The van der Waals surface area contributed by atoms with Crippen molar-refractivity contribution in [1.82, 2.24) is 9.55 Å². The third-order valence-electron chi connectivity index (χ3n) is 3.23. The number of rotatable bonds is 1. The fourth-order valence-electron chi connectivity index (χ4n) is 2.13. The van der Waals surface area contributed by atoms with Crippen molar-refractivity contribution in [3.8, 4) is 0 Å². The van der Waals surface area contributed by atoms with E-state index >= 15 is 0 Å². The summed E-state index contributed by atoms with van der Waals surface area (Å²) in [6.45, 7) is 0. The number of carbonyl (C=O) groups is 1. The van der Waals surface area contributed by atoms with Gasteiger partial charge >= 0.3 is 0 Å². The van der Waals surface area contributed by atoms with Crippen LogP contribution in [0, 0.1) is 4.77 Å². The molecule has 4 nitrogen and oxygen atoms in total. The number of nitrogens with zero attached hydrogens (tertiary/aromatic N) is 1. The first-order valence-electron chi connectivity index (χ1n) is 6.33. The molecular weight excluding hydrogens is 423 g/mol. The highest BCUT2D eigenvalue weighted by Gasteiger charge is 2.16. The fourth-order valence-corrected chi connectivity index (χ4v) is 3.06. The van der Waals surface area contributed by atoms with Crippen molar-refractivity contribution in [2.24, 2.45) is 0 Å². The van der Waals surface area contributed by atoms with Gasteiger partial charge in [0.2, 0.25) is 0 Å². The maximum absolute atomic E-state index is 12.6. The number of carbonyl (C=O) groups excluding carboxylic acids is 1. The second kappa shape index (κ2) is 6.20. The van der Waals surface area contributed by atoms with Crippen molar-refractivity contribution in [2.75, 3.05) is 0 Å². The van der Waals surface area contributed by atoms with Crippen LogP contribution in [0.4, 0.5) is 0 Å². The summed E-state index contributed by atoms with van der Waals surface area (Å²) < 4.78 is 1.64. The second-order valence-electron chi connectivity index (χ2n) is 4.69. The van der Waals surface area contributed by atoms with Crippen LogP contribution in [0.15, 0.2) is 45.7 Å². The summed E-state index contributed by atoms with van der Waals surface area (Å²) in [4.78, 5) is 28.2. The zero-order chi connectivity index (χ0) is 16.7. The Morgan fingerprint density at radius 3 is 2.57 bits per heavy atom. The third-order valence-corrected chi connectivity index (χ3v) is 4.75. The molecule has 1 heterocycles. The average Bonchev–Trinajstić information content (AvgIpc) is 2.51. The standard InChI is InChI=1S/C15H7BrCl2N2O2S/c16-8-2-4-12-9(6-8)14(22)20(15(23)19-12)13(21)7-1-3-10(17)11(18)5-7/h1-6H,(H,19,23). The highest BCUT2D eigenvalue weighted by Crippen LogP contribution is 2.23. The van der Waals surface area contributed by atoms with Crippen LogP contribution in [0.2, 0.25) is 10.0 Å². The lowest BCUT2D eigenvalue weighted by Crippen LogP contribution is -2.29. The molecule has 0 saturated heterocycles. The molecule has 8 heteroatoms. The summed E-state index contributed by atoms with van der Waals surface area (Å²) in [7, 11) is 0. The maximum Gasteiger partial charge on any atom is 0.269 e. The lowest BCUT2D eigenvalue weighted by molar-refractivity contribution is 0.0953. The number of fused-ring (bicyclic) bond motifs is 1. The molecule has 0 fully saturated rings. The van der Waals surface area contributed by atoms with Crippen molar-refractivity contribution in [2.45, 2.75) is 0 Å². The van der Waals surface area contributed by atoms with E-state index in [1.54, 1.807) is 18.2 Å². The summed E-state index contributed by atoms with van der Waals surface area (Å²) in [5.41, 5.74) is 0.276. The van der Waals surface area contributed by atoms with Crippen LogP contribution in [-0.2, 0) is 0 Å². The van der Waals surface area contributed by atoms with Gasteiger partial charge in [0.25, 0.3) is 11.5 Å². The van der Waals surface area contributed by atoms with Crippen LogP contribution in [0.25, 0.3) is 10.9 Å². The first-order valence-corrected chi connectivity index (χ1v) is 8.28. The van der Waals surface area contributed by atoms with Gasteiger partial charge in [0.15, 0.2) is 4.77 Å². The molecule has 2 aromatic carbocycles. The molecule has 1 N–H and O–H groups in total. The zero-order valence-electron chi connectivity index (χ0n) is 11.3. The van der Waals surface area contributed by atoms with E-state index in [1.165, 1.54) is 18.2 Å². The Balaban J connectivity index is 2.27. The van der Waals surface area contributed by atoms with Crippen molar-refractivity contribution in [1.29, 1.82) is 0 Å². The number of nitrogens with one attached hydrogen (secondary N) is 1. The Hall–Kier alpha value is -1.47. The fraction of sp³-hybridized carbons (Fsp3) is 0. The third kappa shape index (κ3) is 2.99. The van der Waals surface area contributed by atoms with E-state index in [1.807, 2.05) is 0 Å². The van der Waals surface area contributed by atoms with Gasteiger partial charge in [-0.1, -0.05) is 39.1 Å². The van der Waals surface area contributed by atoms with E-state index in [0.29, 0.717) is 15.9 Å². The Morgan fingerprint density at radius 2 is 1.87 bits per heavy atom. The van der Waals surface area contributed by atoms with Gasteiger partial charge in [-0.15, -0.1) is 0 Å². The summed E-state index contributed by atoms with van der Waals surface area (Å²) in [5.74, 6) is -0.573. The van der Waals surface area contributed by atoms with Gasteiger partial charge in [0, 0.05) is 10.0 Å². The molecule has 0 amide bonds. The molecule has 0 saturated carbocycles. The van der Waals surface area contributed by atoms with Crippen LogP contribution in [-0.4, -0.2) is 15.5 Å². The molecule has 0 aliphatic rings. The monoisotopic (exact) mass is 428 g/mol. The van der Waals surface area contributed by atoms with Crippen molar-refractivity contribution < 1.29 is 4.79 Å². The highest BCUT2D eigenvalue weighted by molar-refractivity contribution is 9.10. The normalized spacial score (nSPS) is 10.9. The second-order valence-corrected chi connectivity index (χ2v) is 6.81. The van der Waals surface area contributed by atoms with E-state index in [0.717, 1.165) is 9.04 Å². The number of halogens is 3. The quantitative estimate of drug-likeness (QED) is 0.564. The molecule has 3 rings (SSSR count). The maximum atomic E-state index is 12.6. The minimum absolute atomic E-state index is 0.0147. The van der Waals surface area contributed by atoms with Crippen LogP contribution in [0.5, 0.6) is 0 Å². The van der Waals surface area contributed by atoms with E-state index in [4.69, 9.17) is 35.4 Å². The van der Waals surface area contributed by atoms with E-state index in [9.17, 15) is 9.59 Å². The summed E-state index contributed by atoms with van der Waals surface area (Å²) in [6, 6.07) is 9.50. The van der Waals surface area contributed by atoms with Crippen molar-refractivity contribution >= 4 is 68.2 Å². The average molecular weight is 430 g/mol. The smallest absolute Gasteiger partial charge is 0.269 e. The van der Waals surface area contributed by atoms with Crippen LogP contribution in [0.1, 0.15) is 10.4 Å². The van der Waals surface area contributed by atoms with Crippen molar-refractivity contribution in [3.63, 3.8) is 0 Å². The molecule has 0 unspecified atom stereocenters. The van der Waals surface area contributed by atoms with E-state index in [-0.39, 0.29) is 15.4 Å². The largest absolute Gasteiger partial charge is 0.331 e. The number of aromatic amines is 1. The molecule has 116 valence electrons. The predicted molar refractivity (Wildman–Crippen MR) is 97.3 cm³/mol. The first kappa shape index (κ1) is 16.4. The highest BCUT2D eigenvalue weighted by atomic mass is 79.9. The van der Waals surface area contributed by atoms with Gasteiger partial charge in [-0.25, -0.2) is 4.57 Å². The molecule has 0 atom stereocenters. The number of hydrogen-bond donors (Lipinski definition) is 1. The molecule has 0 radical (unpaired) electrons. The number of H-pyrrole nitrogens is 1.